The topological polar surface area (TPSA) is 32.7 Å². The van der Waals surface area contributed by atoms with Gasteiger partial charge in [-0.3, -0.25) is 0 Å². The normalized spacial score (nSPS) is 17.2. The number of aliphatic hydroxyl groups is 1. The molecule has 0 unspecified atom stereocenters. The SMILES string of the molecule is OC1CCN(CCCCCCOc2ccccc2)CC1. The van der Waals surface area contributed by atoms with Gasteiger partial charge in [0.1, 0.15) is 5.75 Å². The maximum absolute atomic E-state index is 9.45. The summed E-state index contributed by atoms with van der Waals surface area (Å²) in [4.78, 5) is 2.48. The minimum absolute atomic E-state index is 0.0543. The van der Waals surface area contributed by atoms with Gasteiger partial charge in [-0.25, -0.2) is 0 Å². The fourth-order valence-corrected chi connectivity index (χ4v) is 2.64. The Balaban J connectivity index is 1.42. The van der Waals surface area contributed by atoms with Crippen molar-refractivity contribution in [1.82, 2.24) is 4.90 Å². The van der Waals surface area contributed by atoms with Gasteiger partial charge < -0.3 is 14.7 Å². The molecule has 1 saturated heterocycles. The highest BCUT2D eigenvalue weighted by molar-refractivity contribution is 5.20. The largest absolute Gasteiger partial charge is 0.494 e. The summed E-state index contributed by atoms with van der Waals surface area (Å²) in [5.41, 5.74) is 0. The zero-order valence-corrected chi connectivity index (χ0v) is 12.3. The predicted octanol–water partition coefficient (Wildman–Crippen LogP) is 3.08. The second kappa shape index (κ2) is 8.98. The van der Waals surface area contributed by atoms with Crippen molar-refractivity contribution in [3.63, 3.8) is 0 Å². The second-order valence-corrected chi connectivity index (χ2v) is 5.65. The van der Waals surface area contributed by atoms with Crippen LogP contribution < -0.4 is 4.74 Å². The molecule has 0 spiro atoms. The molecule has 3 nitrogen and oxygen atoms in total. The molecule has 3 heteroatoms. The number of nitrogens with zero attached hydrogens (tertiary/aromatic N) is 1. The Hall–Kier alpha value is -1.06. The summed E-state index contributed by atoms with van der Waals surface area (Å²) in [6.07, 6.45) is 6.76. The first-order valence-electron chi connectivity index (χ1n) is 7.93. The highest BCUT2D eigenvalue weighted by atomic mass is 16.5. The number of ether oxygens (including phenoxy) is 1. The van der Waals surface area contributed by atoms with Crippen LogP contribution in [0.25, 0.3) is 0 Å². The molecule has 0 aromatic heterocycles. The summed E-state index contributed by atoms with van der Waals surface area (Å²) in [6.45, 7) is 4.14. The molecule has 1 aromatic rings. The molecule has 1 aliphatic heterocycles. The Morgan fingerprint density at radius 3 is 2.45 bits per heavy atom. The third-order valence-electron chi connectivity index (χ3n) is 3.94. The zero-order chi connectivity index (χ0) is 14.0. The van der Waals surface area contributed by atoms with Gasteiger partial charge in [-0.15, -0.1) is 0 Å². The number of aliphatic hydroxyl groups excluding tert-OH is 1. The minimum atomic E-state index is -0.0543. The van der Waals surface area contributed by atoms with E-state index in [1.165, 1.54) is 25.8 Å². The Bertz CT molecular complexity index is 347. The van der Waals surface area contributed by atoms with Crippen LogP contribution in [0, 0.1) is 0 Å². The molecule has 0 amide bonds. The fourth-order valence-electron chi connectivity index (χ4n) is 2.64. The third kappa shape index (κ3) is 5.93. The summed E-state index contributed by atoms with van der Waals surface area (Å²) in [6, 6.07) is 10.0. The van der Waals surface area contributed by atoms with E-state index in [0.29, 0.717) is 0 Å². The lowest BCUT2D eigenvalue weighted by Gasteiger charge is -2.29. The molecule has 2 rings (SSSR count). The van der Waals surface area contributed by atoms with Gasteiger partial charge in [0.05, 0.1) is 12.7 Å². The fraction of sp³-hybridized carbons (Fsp3) is 0.647. The zero-order valence-electron chi connectivity index (χ0n) is 12.3. The van der Waals surface area contributed by atoms with Gasteiger partial charge in [0.2, 0.25) is 0 Å². The van der Waals surface area contributed by atoms with Crippen LogP contribution in [0.5, 0.6) is 5.75 Å². The van der Waals surface area contributed by atoms with Gasteiger partial charge in [0.25, 0.3) is 0 Å². The van der Waals surface area contributed by atoms with E-state index in [-0.39, 0.29) is 6.10 Å². The van der Waals surface area contributed by atoms with Crippen LogP contribution >= 0.6 is 0 Å². The number of hydrogen-bond acceptors (Lipinski definition) is 3. The Kier molecular flexibility index (Phi) is 6.89. The van der Waals surface area contributed by atoms with E-state index in [0.717, 1.165) is 44.7 Å². The van der Waals surface area contributed by atoms with Gasteiger partial charge in [0.15, 0.2) is 0 Å². The molecule has 0 atom stereocenters. The van der Waals surface area contributed by atoms with Crippen molar-refractivity contribution in [3.8, 4) is 5.75 Å². The van der Waals surface area contributed by atoms with Crippen molar-refractivity contribution in [1.29, 1.82) is 0 Å². The number of hydrogen-bond donors (Lipinski definition) is 1. The van der Waals surface area contributed by atoms with Gasteiger partial charge in [-0.2, -0.15) is 0 Å². The maximum atomic E-state index is 9.45. The third-order valence-corrected chi connectivity index (χ3v) is 3.94. The number of rotatable bonds is 8. The average molecular weight is 277 g/mol. The summed E-state index contributed by atoms with van der Waals surface area (Å²) in [5.74, 6) is 0.972. The van der Waals surface area contributed by atoms with Gasteiger partial charge >= 0.3 is 0 Å². The minimum Gasteiger partial charge on any atom is -0.494 e. The number of para-hydroxylation sites is 1. The second-order valence-electron chi connectivity index (χ2n) is 5.65. The quantitative estimate of drug-likeness (QED) is 0.741. The van der Waals surface area contributed by atoms with Gasteiger partial charge in [0, 0.05) is 13.1 Å². The number of likely N-dealkylation sites (tertiary alicyclic amines) is 1. The van der Waals surface area contributed by atoms with E-state index in [4.69, 9.17) is 4.74 Å². The molecular formula is C17H27NO2. The summed E-state index contributed by atoms with van der Waals surface area (Å²) < 4.78 is 5.68. The Morgan fingerprint density at radius 2 is 1.70 bits per heavy atom. The first-order valence-corrected chi connectivity index (χ1v) is 7.93. The molecule has 20 heavy (non-hydrogen) atoms. The molecule has 0 radical (unpaired) electrons. The van der Waals surface area contributed by atoms with E-state index in [1.807, 2.05) is 30.3 Å². The molecule has 1 aromatic carbocycles. The Morgan fingerprint density at radius 1 is 1.00 bits per heavy atom. The molecule has 112 valence electrons. The van der Waals surface area contributed by atoms with Crippen LogP contribution in [0.2, 0.25) is 0 Å². The monoisotopic (exact) mass is 277 g/mol. The van der Waals surface area contributed by atoms with E-state index in [2.05, 4.69) is 4.90 Å². The smallest absolute Gasteiger partial charge is 0.119 e. The predicted molar refractivity (Wildman–Crippen MR) is 82.1 cm³/mol. The number of unbranched alkanes of at least 4 members (excludes halogenated alkanes) is 3. The molecule has 1 fully saturated rings. The maximum Gasteiger partial charge on any atom is 0.119 e. The van der Waals surface area contributed by atoms with E-state index < -0.39 is 0 Å². The van der Waals surface area contributed by atoms with Crippen molar-refractivity contribution in [2.45, 2.75) is 44.6 Å². The highest BCUT2D eigenvalue weighted by Crippen LogP contribution is 2.12. The van der Waals surface area contributed by atoms with Gasteiger partial charge in [-0.05, 0) is 44.4 Å². The summed E-state index contributed by atoms with van der Waals surface area (Å²) in [7, 11) is 0. The van der Waals surface area contributed by atoms with Crippen LogP contribution in [-0.2, 0) is 0 Å². The summed E-state index contributed by atoms with van der Waals surface area (Å²) in [5, 5.41) is 9.45. The van der Waals surface area contributed by atoms with E-state index in [9.17, 15) is 5.11 Å². The molecule has 0 bridgehead atoms. The van der Waals surface area contributed by atoms with Crippen LogP contribution in [0.3, 0.4) is 0 Å². The molecule has 0 saturated carbocycles. The summed E-state index contributed by atoms with van der Waals surface area (Å²) >= 11 is 0. The van der Waals surface area contributed by atoms with Crippen LogP contribution in [0.4, 0.5) is 0 Å². The lowest BCUT2D eigenvalue weighted by atomic mass is 10.1. The number of benzene rings is 1. The molecule has 0 aliphatic carbocycles. The van der Waals surface area contributed by atoms with Crippen molar-refractivity contribution >= 4 is 0 Å². The van der Waals surface area contributed by atoms with E-state index >= 15 is 0 Å². The van der Waals surface area contributed by atoms with Crippen molar-refractivity contribution in [3.05, 3.63) is 30.3 Å². The molecule has 1 N–H and O–H groups in total. The first-order chi connectivity index (χ1) is 9.84. The van der Waals surface area contributed by atoms with Crippen molar-refractivity contribution in [2.24, 2.45) is 0 Å². The molecule has 1 aliphatic rings. The van der Waals surface area contributed by atoms with Gasteiger partial charge in [-0.1, -0.05) is 31.0 Å². The van der Waals surface area contributed by atoms with Crippen LogP contribution in [0.1, 0.15) is 38.5 Å². The number of piperidine rings is 1. The Labute approximate surface area is 122 Å². The van der Waals surface area contributed by atoms with Crippen LogP contribution in [-0.4, -0.2) is 42.4 Å². The molecular weight excluding hydrogens is 250 g/mol. The molecule has 1 heterocycles. The lowest BCUT2D eigenvalue weighted by Crippen LogP contribution is -2.36. The van der Waals surface area contributed by atoms with Crippen LogP contribution in [0.15, 0.2) is 30.3 Å². The van der Waals surface area contributed by atoms with Crippen molar-refractivity contribution < 1.29 is 9.84 Å². The van der Waals surface area contributed by atoms with E-state index in [1.54, 1.807) is 0 Å². The van der Waals surface area contributed by atoms with Crippen molar-refractivity contribution in [2.75, 3.05) is 26.2 Å². The highest BCUT2D eigenvalue weighted by Gasteiger charge is 2.15. The first kappa shape index (κ1) is 15.3. The average Bonchev–Trinajstić information content (AvgIpc) is 2.49. The standard InChI is InChI=1S/C17H27NO2/c19-16-10-13-18(14-11-16)12-6-1-2-7-15-20-17-8-4-3-5-9-17/h3-5,8-9,16,19H,1-2,6-7,10-15H2. The lowest BCUT2D eigenvalue weighted by molar-refractivity contribution is 0.0817.